The van der Waals surface area contributed by atoms with Crippen molar-refractivity contribution < 1.29 is 42.1 Å². The third kappa shape index (κ3) is 7.52. The SMILES string of the molecule is O=[PH](CO)OP(=O)(O)OP(=O)(O)O. The second kappa shape index (κ2) is 4.79. The number of aliphatic hydroxyl groups excluding tert-OH is 1. The van der Waals surface area contributed by atoms with Gasteiger partial charge in [-0.3, -0.25) is 4.57 Å². The summed E-state index contributed by atoms with van der Waals surface area (Å²) in [5, 5.41) is 8.12. The smallest absolute Gasteiger partial charge is 0.387 e. The molecule has 0 bridgehead atoms. The minimum absolute atomic E-state index is 1.03. The lowest BCUT2D eigenvalue weighted by atomic mass is 11.7. The number of aliphatic hydroxyl groups is 1. The summed E-state index contributed by atoms with van der Waals surface area (Å²) in [7, 11) is -13.5. The van der Waals surface area contributed by atoms with Crippen LogP contribution in [0.15, 0.2) is 0 Å². The largest absolute Gasteiger partial charge is 0.486 e. The molecule has 0 amide bonds. The first-order valence-corrected chi connectivity index (χ1v) is 7.14. The van der Waals surface area contributed by atoms with Crippen molar-refractivity contribution in [3.63, 3.8) is 0 Å². The minimum Gasteiger partial charge on any atom is -0.387 e. The predicted molar refractivity (Wildman–Crippen MR) is 40.1 cm³/mol. The maximum absolute atomic E-state index is 10.5. The third-order valence-corrected chi connectivity index (χ3v) is 4.23. The number of rotatable bonds is 5. The fourth-order valence-corrected chi connectivity index (χ4v) is 3.08. The fraction of sp³-hybridized carbons (Fsp3) is 1.00. The summed E-state index contributed by atoms with van der Waals surface area (Å²) in [5.74, 6) is 0. The summed E-state index contributed by atoms with van der Waals surface area (Å²) in [6.07, 6.45) is -1.03. The van der Waals surface area contributed by atoms with E-state index < -0.39 is 30.0 Å². The normalized spacial score (nSPS) is 19.4. The van der Waals surface area contributed by atoms with Crippen LogP contribution in [0.2, 0.25) is 0 Å². The average Bonchev–Trinajstić information content (AvgIpc) is 1.80. The molecule has 0 saturated heterocycles. The van der Waals surface area contributed by atoms with Gasteiger partial charge in [-0.2, -0.15) is 4.31 Å². The van der Waals surface area contributed by atoms with Gasteiger partial charge in [0, 0.05) is 0 Å². The first-order valence-electron chi connectivity index (χ1n) is 2.59. The summed E-state index contributed by atoms with van der Waals surface area (Å²) in [5.41, 5.74) is 0. The molecule has 0 heterocycles. The maximum atomic E-state index is 10.5. The van der Waals surface area contributed by atoms with Crippen molar-refractivity contribution in [3.05, 3.63) is 0 Å². The monoisotopic (exact) mass is 256 g/mol. The highest BCUT2D eigenvalue weighted by atomic mass is 31.3. The Morgan fingerprint density at radius 2 is 1.69 bits per heavy atom. The van der Waals surface area contributed by atoms with Crippen molar-refractivity contribution in [3.8, 4) is 0 Å². The van der Waals surface area contributed by atoms with Gasteiger partial charge < -0.3 is 19.8 Å². The van der Waals surface area contributed by atoms with Gasteiger partial charge in [-0.05, 0) is 0 Å². The molecule has 12 heteroatoms. The number of phosphoric acid groups is 2. The molecule has 9 nitrogen and oxygen atoms in total. The molecule has 0 rings (SSSR count). The van der Waals surface area contributed by atoms with E-state index in [1.54, 1.807) is 0 Å². The molecule has 0 aliphatic carbocycles. The first-order chi connectivity index (χ1) is 5.66. The van der Waals surface area contributed by atoms with E-state index in [1.165, 1.54) is 0 Å². The van der Waals surface area contributed by atoms with Crippen molar-refractivity contribution >= 4 is 23.7 Å². The number of hydrogen-bond donors (Lipinski definition) is 4. The summed E-state index contributed by atoms with van der Waals surface area (Å²) in [6, 6.07) is 0. The van der Waals surface area contributed by atoms with E-state index in [2.05, 4.69) is 8.62 Å². The molecule has 0 fully saturated rings. The van der Waals surface area contributed by atoms with E-state index in [-0.39, 0.29) is 0 Å². The van der Waals surface area contributed by atoms with Crippen LogP contribution in [0, 0.1) is 0 Å². The van der Waals surface area contributed by atoms with Crippen LogP contribution in [0.1, 0.15) is 0 Å². The molecular formula is CH7O9P3. The Morgan fingerprint density at radius 1 is 1.23 bits per heavy atom. The second-order valence-corrected chi connectivity index (χ2v) is 6.02. The van der Waals surface area contributed by atoms with Gasteiger partial charge in [0.05, 0.1) is 0 Å². The van der Waals surface area contributed by atoms with E-state index >= 15 is 0 Å². The Labute approximate surface area is 73.0 Å². The molecule has 2 unspecified atom stereocenters. The zero-order valence-electron chi connectivity index (χ0n) is 5.93. The van der Waals surface area contributed by atoms with Crippen molar-refractivity contribution in [2.75, 3.05) is 6.35 Å². The Morgan fingerprint density at radius 3 is 2.00 bits per heavy atom. The standard InChI is InChI=1S/CH7O9P3/c2-1-11(3)9-13(7,8)10-12(4,5)6/h2,11H,1H2,(H,7,8)(H2,4,5,6). The van der Waals surface area contributed by atoms with Crippen LogP contribution < -0.4 is 0 Å². The molecule has 0 aromatic heterocycles. The quantitative estimate of drug-likeness (QED) is 0.483. The van der Waals surface area contributed by atoms with Crippen LogP contribution in [-0.2, 0) is 22.3 Å². The minimum atomic E-state index is -5.20. The lowest BCUT2D eigenvalue weighted by Gasteiger charge is -2.10. The average molecular weight is 256 g/mol. The summed E-state index contributed by atoms with van der Waals surface area (Å²) < 4.78 is 37.8. The summed E-state index contributed by atoms with van der Waals surface area (Å²) >= 11 is 0. The predicted octanol–water partition coefficient (Wildman–Crippen LogP) is -0.363. The lowest BCUT2D eigenvalue weighted by molar-refractivity contribution is 0.229. The Bertz CT molecular complexity index is 275. The summed E-state index contributed by atoms with van der Waals surface area (Å²) in [6.45, 7) is 0. The molecule has 2 atom stereocenters. The van der Waals surface area contributed by atoms with Gasteiger partial charge in [-0.25, -0.2) is 13.4 Å². The van der Waals surface area contributed by atoms with Gasteiger partial charge in [0.1, 0.15) is 6.35 Å². The van der Waals surface area contributed by atoms with Gasteiger partial charge >= 0.3 is 15.6 Å². The first kappa shape index (κ1) is 13.4. The topological polar surface area (TPSA) is 151 Å². The van der Waals surface area contributed by atoms with Crippen LogP contribution in [0.3, 0.4) is 0 Å². The Kier molecular flexibility index (Phi) is 4.96. The van der Waals surface area contributed by atoms with E-state index in [0.29, 0.717) is 0 Å². The van der Waals surface area contributed by atoms with Crippen LogP contribution in [0.5, 0.6) is 0 Å². The van der Waals surface area contributed by atoms with Crippen LogP contribution >= 0.6 is 23.7 Å². The van der Waals surface area contributed by atoms with Crippen molar-refractivity contribution in [2.45, 2.75) is 0 Å². The zero-order valence-corrected chi connectivity index (χ0v) is 8.72. The fourth-order valence-electron chi connectivity index (χ4n) is 0.309. The molecule has 0 aromatic rings. The molecule has 0 saturated carbocycles. The van der Waals surface area contributed by atoms with E-state index in [4.69, 9.17) is 19.8 Å². The highest BCUT2D eigenvalue weighted by Gasteiger charge is 2.33. The van der Waals surface area contributed by atoms with Crippen molar-refractivity contribution in [2.24, 2.45) is 0 Å². The van der Waals surface area contributed by atoms with Gasteiger partial charge in [-0.1, -0.05) is 0 Å². The Hall–Kier alpha value is 0.450. The number of hydrogen-bond acceptors (Lipinski definition) is 6. The van der Waals surface area contributed by atoms with Crippen molar-refractivity contribution in [1.29, 1.82) is 0 Å². The van der Waals surface area contributed by atoms with Crippen molar-refractivity contribution in [1.82, 2.24) is 0 Å². The van der Waals surface area contributed by atoms with Gasteiger partial charge in [0.15, 0.2) is 0 Å². The van der Waals surface area contributed by atoms with E-state index in [1.807, 2.05) is 0 Å². The van der Waals surface area contributed by atoms with Crippen LogP contribution in [0.4, 0.5) is 0 Å². The van der Waals surface area contributed by atoms with E-state index in [0.717, 1.165) is 0 Å². The summed E-state index contributed by atoms with van der Waals surface area (Å²) in [4.78, 5) is 24.6. The molecule has 0 aliphatic rings. The molecule has 0 spiro atoms. The molecular weight excluding hydrogens is 249 g/mol. The van der Waals surface area contributed by atoms with Gasteiger partial charge in [-0.15, -0.1) is 0 Å². The molecule has 13 heavy (non-hydrogen) atoms. The molecule has 0 radical (unpaired) electrons. The van der Waals surface area contributed by atoms with E-state index in [9.17, 15) is 13.7 Å². The lowest BCUT2D eigenvalue weighted by Crippen LogP contribution is -1.89. The zero-order chi connectivity index (χ0) is 10.7. The Balaban J connectivity index is 4.34. The highest BCUT2D eigenvalue weighted by molar-refractivity contribution is 7.64. The maximum Gasteiger partial charge on any atom is 0.486 e. The molecule has 0 aromatic carbocycles. The third-order valence-electron chi connectivity index (χ3n) is 0.556. The van der Waals surface area contributed by atoms with Crippen LogP contribution in [-0.4, -0.2) is 26.1 Å². The van der Waals surface area contributed by atoms with Gasteiger partial charge in [0.2, 0.25) is 8.03 Å². The van der Waals surface area contributed by atoms with Crippen LogP contribution in [0.25, 0.3) is 0 Å². The highest BCUT2D eigenvalue weighted by Crippen LogP contribution is 2.61. The molecule has 4 N–H and O–H groups in total. The molecule has 0 aliphatic heterocycles. The second-order valence-electron chi connectivity index (χ2n) is 1.66. The molecule has 80 valence electrons. The van der Waals surface area contributed by atoms with Gasteiger partial charge in [0.25, 0.3) is 0 Å².